The summed E-state index contributed by atoms with van der Waals surface area (Å²) in [5.41, 5.74) is 1.74. The van der Waals surface area contributed by atoms with Gasteiger partial charge in [-0.05, 0) is 30.8 Å². The number of nitrogens with one attached hydrogen (secondary N) is 1. The summed E-state index contributed by atoms with van der Waals surface area (Å²) >= 11 is 0. The molecule has 21 heavy (non-hydrogen) atoms. The first kappa shape index (κ1) is 15.8. The molecule has 1 fully saturated rings. The number of carbonyl (C=O) groups excluding carboxylic acids is 1. The number of rotatable bonds is 3. The van der Waals surface area contributed by atoms with Crippen molar-refractivity contribution in [1.29, 1.82) is 0 Å². The van der Waals surface area contributed by atoms with Crippen LogP contribution in [0.3, 0.4) is 0 Å². The second kappa shape index (κ2) is 6.48. The molecule has 1 aromatic carbocycles. The fourth-order valence-corrected chi connectivity index (χ4v) is 2.40. The van der Waals surface area contributed by atoms with Gasteiger partial charge < -0.3 is 15.1 Å². The molecule has 0 spiro atoms. The standard InChI is InChI=1S/C17H27N3O/c1-5-19-10-12-20(13-11-19)15-8-6-14(7-9-15)18-16(21)17(2,3)4/h6-9H,5,10-13H2,1-4H3,(H,18,21). The van der Waals surface area contributed by atoms with Gasteiger partial charge in [0.1, 0.15) is 0 Å². The number of hydrogen-bond acceptors (Lipinski definition) is 3. The first-order valence-electron chi connectivity index (χ1n) is 7.79. The Kier molecular flexibility index (Phi) is 4.88. The average molecular weight is 289 g/mol. The summed E-state index contributed by atoms with van der Waals surface area (Å²) in [5.74, 6) is 0.0480. The number of hydrogen-bond donors (Lipinski definition) is 1. The van der Waals surface area contributed by atoms with Gasteiger partial charge in [-0.3, -0.25) is 4.79 Å². The number of benzene rings is 1. The van der Waals surface area contributed by atoms with Crippen LogP contribution in [0, 0.1) is 5.41 Å². The highest BCUT2D eigenvalue weighted by atomic mass is 16.2. The molecule has 1 N–H and O–H groups in total. The van der Waals surface area contributed by atoms with Gasteiger partial charge in [-0.15, -0.1) is 0 Å². The number of carbonyl (C=O) groups is 1. The minimum Gasteiger partial charge on any atom is -0.369 e. The van der Waals surface area contributed by atoms with Crippen molar-refractivity contribution in [2.45, 2.75) is 27.7 Å². The minimum absolute atomic E-state index is 0.0480. The van der Waals surface area contributed by atoms with Gasteiger partial charge in [0.25, 0.3) is 0 Å². The SMILES string of the molecule is CCN1CCN(c2ccc(NC(=O)C(C)(C)C)cc2)CC1. The molecular formula is C17H27N3O. The van der Waals surface area contributed by atoms with Gasteiger partial charge in [0, 0.05) is 43.0 Å². The minimum atomic E-state index is -0.366. The van der Waals surface area contributed by atoms with E-state index in [4.69, 9.17) is 0 Å². The molecular weight excluding hydrogens is 262 g/mol. The molecule has 0 aromatic heterocycles. The summed E-state index contributed by atoms with van der Waals surface area (Å²) in [6.07, 6.45) is 0. The van der Waals surface area contributed by atoms with Crippen molar-refractivity contribution in [1.82, 2.24) is 4.90 Å². The smallest absolute Gasteiger partial charge is 0.229 e. The average Bonchev–Trinajstić information content (AvgIpc) is 2.47. The van der Waals surface area contributed by atoms with Gasteiger partial charge in [0.05, 0.1) is 0 Å². The van der Waals surface area contributed by atoms with Crippen molar-refractivity contribution < 1.29 is 4.79 Å². The lowest BCUT2D eigenvalue weighted by Crippen LogP contribution is -2.46. The predicted molar refractivity (Wildman–Crippen MR) is 88.9 cm³/mol. The summed E-state index contributed by atoms with van der Waals surface area (Å²) in [4.78, 5) is 16.8. The van der Waals surface area contributed by atoms with E-state index in [2.05, 4.69) is 34.2 Å². The van der Waals surface area contributed by atoms with Gasteiger partial charge in [0.2, 0.25) is 5.91 Å². The van der Waals surface area contributed by atoms with Crippen molar-refractivity contribution in [2.24, 2.45) is 5.41 Å². The van der Waals surface area contributed by atoms with Gasteiger partial charge >= 0.3 is 0 Å². The number of anilines is 2. The quantitative estimate of drug-likeness (QED) is 0.929. The van der Waals surface area contributed by atoms with E-state index >= 15 is 0 Å². The van der Waals surface area contributed by atoms with Gasteiger partial charge in [-0.25, -0.2) is 0 Å². The molecule has 1 aliphatic heterocycles. The third kappa shape index (κ3) is 4.21. The summed E-state index contributed by atoms with van der Waals surface area (Å²) < 4.78 is 0. The van der Waals surface area contributed by atoms with E-state index in [1.807, 2.05) is 32.9 Å². The summed E-state index contributed by atoms with van der Waals surface area (Å²) in [6, 6.07) is 8.18. The molecule has 1 heterocycles. The molecule has 1 amide bonds. The van der Waals surface area contributed by atoms with Crippen molar-refractivity contribution >= 4 is 17.3 Å². The van der Waals surface area contributed by atoms with Crippen molar-refractivity contribution in [3.8, 4) is 0 Å². The van der Waals surface area contributed by atoms with E-state index in [1.54, 1.807) is 0 Å². The fraction of sp³-hybridized carbons (Fsp3) is 0.588. The first-order chi connectivity index (χ1) is 9.90. The van der Waals surface area contributed by atoms with Crippen molar-refractivity contribution in [3.05, 3.63) is 24.3 Å². The van der Waals surface area contributed by atoms with E-state index < -0.39 is 0 Å². The Labute approximate surface area is 128 Å². The van der Waals surface area contributed by atoms with Crippen molar-refractivity contribution in [2.75, 3.05) is 42.9 Å². The van der Waals surface area contributed by atoms with Crippen LogP contribution in [-0.2, 0) is 4.79 Å². The van der Waals surface area contributed by atoms with E-state index in [9.17, 15) is 4.79 Å². The zero-order valence-electron chi connectivity index (χ0n) is 13.6. The van der Waals surface area contributed by atoms with E-state index in [-0.39, 0.29) is 11.3 Å². The molecule has 0 radical (unpaired) electrons. The van der Waals surface area contributed by atoms with Crippen LogP contribution in [0.5, 0.6) is 0 Å². The first-order valence-corrected chi connectivity index (χ1v) is 7.79. The Hall–Kier alpha value is -1.55. The topological polar surface area (TPSA) is 35.6 Å². The zero-order chi connectivity index (χ0) is 15.5. The Bertz CT molecular complexity index is 468. The molecule has 1 aliphatic rings. The summed E-state index contributed by atoms with van der Waals surface area (Å²) in [7, 11) is 0. The maximum atomic E-state index is 12.0. The molecule has 0 atom stereocenters. The second-order valence-electron chi connectivity index (χ2n) is 6.67. The predicted octanol–water partition coefficient (Wildman–Crippen LogP) is 2.81. The molecule has 1 saturated heterocycles. The maximum absolute atomic E-state index is 12.0. The fourth-order valence-electron chi connectivity index (χ4n) is 2.40. The van der Waals surface area contributed by atoms with Gasteiger partial charge in [-0.1, -0.05) is 27.7 Å². The van der Waals surface area contributed by atoms with E-state index in [0.29, 0.717) is 0 Å². The Morgan fingerprint density at radius 2 is 1.67 bits per heavy atom. The van der Waals surface area contributed by atoms with E-state index in [1.165, 1.54) is 5.69 Å². The molecule has 2 rings (SSSR count). The number of nitrogens with zero attached hydrogens (tertiary/aromatic N) is 2. The van der Waals surface area contributed by atoms with Crippen LogP contribution in [0.25, 0.3) is 0 Å². The largest absolute Gasteiger partial charge is 0.369 e. The molecule has 4 nitrogen and oxygen atoms in total. The lowest BCUT2D eigenvalue weighted by Gasteiger charge is -2.35. The highest BCUT2D eigenvalue weighted by Gasteiger charge is 2.21. The van der Waals surface area contributed by atoms with Gasteiger partial charge in [0.15, 0.2) is 0 Å². The summed E-state index contributed by atoms with van der Waals surface area (Å²) in [5, 5.41) is 2.96. The Morgan fingerprint density at radius 1 is 1.10 bits per heavy atom. The van der Waals surface area contributed by atoms with Crippen LogP contribution in [0.4, 0.5) is 11.4 Å². The Balaban J connectivity index is 1.95. The normalized spacial score (nSPS) is 16.9. The van der Waals surface area contributed by atoms with Crippen LogP contribution in [0.2, 0.25) is 0 Å². The maximum Gasteiger partial charge on any atom is 0.229 e. The molecule has 0 saturated carbocycles. The molecule has 0 bridgehead atoms. The van der Waals surface area contributed by atoms with Crippen LogP contribution in [-0.4, -0.2) is 43.5 Å². The third-order valence-electron chi connectivity index (χ3n) is 3.99. The van der Waals surface area contributed by atoms with Crippen molar-refractivity contribution in [3.63, 3.8) is 0 Å². The van der Waals surface area contributed by atoms with Crippen LogP contribution in [0.1, 0.15) is 27.7 Å². The van der Waals surface area contributed by atoms with E-state index in [0.717, 1.165) is 38.4 Å². The summed E-state index contributed by atoms with van der Waals surface area (Å²) in [6.45, 7) is 13.5. The molecule has 1 aromatic rings. The lowest BCUT2D eigenvalue weighted by atomic mass is 9.95. The second-order valence-corrected chi connectivity index (χ2v) is 6.67. The monoisotopic (exact) mass is 289 g/mol. The third-order valence-corrected chi connectivity index (χ3v) is 3.99. The molecule has 116 valence electrons. The lowest BCUT2D eigenvalue weighted by molar-refractivity contribution is -0.123. The molecule has 0 aliphatic carbocycles. The van der Waals surface area contributed by atoms with Crippen LogP contribution < -0.4 is 10.2 Å². The molecule has 0 unspecified atom stereocenters. The van der Waals surface area contributed by atoms with Gasteiger partial charge in [-0.2, -0.15) is 0 Å². The number of amides is 1. The highest BCUT2D eigenvalue weighted by Crippen LogP contribution is 2.21. The number of likely N-dealkylation sites (N-methyl/N-ethyl adjacent to an activating group) is 1. The van der Waals surface area contributed by atoms with Crippen LogP contribution >= 0.6 is 0 Å². The number of piperazine rings is 1. The molecule has 4 heteroatoms. The zero-order valence-corrected chi connectivity index (χ0v) is 13.6. The van der Waals surface area contributed by atoms with Crippen LogP contribution in [0.15, 0.2) is 24.3 Å². The Morgan fingerprint density at radius 3 is 2.14 bits per heavy atom. The highest BCUT2D eigenvalue weighted by molar-refractivity contribution is 5.94.